The van der Waals surface area contributed by atoms with Gasteiger partial charge in [-0.05, 0) is 17.7 Å². The number of anilines is 1. The summed E-state index contributed by atoms with van der Waals surface area (Å²) in [6.45, 7) is 3.48. The molecule has 0 aromatic heterocycles. The minimum atomic E-state index is -0.587. The van der Waals surface area contributed by atoms with Crippen molar-refractivity contribution in [3.8, 4) is 0 Å². The second-order valence-corrected chi connectivity index (χ2v) is 2.35. The summed E-state index contributed by atoms with van der Waals surface area (Å²) in [5.74, 6) is 0. The molecule has 0 aliphatic carbocycles. The molecular formula is C9H11NO. The highest BCUT2D eigenvalue weighted by atomic mass is 16.3. The molecule has 1 aromatic rings. The maximum atomic E-state index is 9.26. The van der Waals surface area contributed by atoms with Crippen LogP contribution in [0.25, 0.3) is 0 Å². The zero-order valence-electron chi connectivity index (χ0n) is 6.20. The van der Waals surface area contributed by atoms with Gasteiger partial charge >= 0.3 is 0 Å². The summed E-state index contributed by atoms with van der Waals surface area (Å²) < 4.78 is 0. The summed E-state index contributed by atoms with van der Waals surface area (Å²) >= 11 is 0. The van der Waals surface area contributed by atoms with Gasteiger partial charge in [-0.3, -0.25) is 0 Å². The van der Waals surface area contributed by atoms with Gasteiger partial charge in [0.25, 0.3) is 0 Å². The quantitative estimate of drug-likeness (QED) is 0.494. The van der Waals surface area contributed by atoms with Crippen LogP contribution in [0.5, 0.6) is 0 Å². The highest BCUT2D eigenvalue weighted by Crippen LogP contribution is 2.14. The van der Waals surface area contributed by atoms with Crippen LogP contribution in [0.3, 0.4) is 0 Å². The molecule has 0 saturated carbocycles. The largest absolute Gasteiger partial charge is 0.399 e. The summed E-state index contributed by atoms with van der Waals surface area (Å²) in [6.07, 6.45) is 0.890. The molecule has 0 fully saturated rings. The highest BCUT2D eigenvalue weighted by molar-refractivity contribution is 5.40. The van der Waals surface area contributed by atoms with E-state index in [1.807, 2.05) is 0 Å². The molecular weight excluding hydrogens is 138 g/mol. The molecule has 0 aliphatic rings. The minimum absolute atomic E-state index is 0.587. The standard InChI is InChI=1S/C9H11NO/c1-2-9(11)7-3-5-8(10)6-4-7/h2-6,9,11H,1,10H2. The number of rotatable bonds is 2. The topological polar surface area (TPSA) is 46.2 Å². The van der Waals surface area contributed by atoms with Crippen LogP contribution < -0.4 is 5.73 Å². The van der Waals surface area contributed by atoms with Crippen molar-refractivity contribution in [2.45, 2.75) is 6.10 Å². The first-order chi connectivity index (χ1) is 5.24. The average Bonchev–Trinajstić information content (AvgIpc) is 2.05. The van der Waals surface area contributed by atoms with Crippen molar-refractivity contribution in [2.24, 2.45) is 0 Å². The minimum Gasteiger partial charge on any atom is -0.399 e. The van der Waals surface area contributed by atoms with E-state index >= 15 is 0 Å². The second-order valence-electron chi connectivity index (χ2n) is 2.35. The van der Waals surface area contributed by atoms with Crippen molar-refractivity contribution in [1.82, 2.24) is 0 Å². The molecule has 0 heterocycles. The van der Waals surface area contributed by atoms with E-state index in [4.69, 9.17) is 5.73 Å². The van der Waals surface area contributed by atoms with Crippen LogP contribution in [-0.4, -0.2) is 5.11 Å². The molecule has 2 heteroatoms. The van der Waals surface area contributed by atoms with E-state index in [1.165, 1.54) is 6.08 Å². The monoisotopic (exact) mass is 149 g/mol. The van der Waals surface area contributed by atoms with Crippen LogP contribution >= 0.6 is 0 Å². The van der Waals surface area contributed by atoms with Crippen molar-refractivity contribution in [3.05, 3.63) is 42.5 Å². The summed E-state index contributed by atoms with van der Waals surface area (Å²) in [4.78, 5) is 0. The highest BCUT2D eigenvalue weighted by Gasteiger charge is 1.99. The number of hydrogen-bond donors (Lipinski definition) is 2. The first-order valence-electron chi connectivity index (χ1n) is 3.40. The Bertz CT molecular complexity index is 240. The van der Waals surface area contributed by atoms with Crippen molar-refractivity contribution in [2.75, 3.05) is 5.73 Å². The van der Waals surface area contributed by atoms with Gasteiger partial charge in [0.2, 0.25) is 0 Å². The Balaban J connectivity index is 2.89. The SMILES string of the molecule is C=CC(O)c1ccc(N)cc1. The molecule has 11 heavy (non-hydrogen) atoms. The molecule has 0 aliphatic heterocycles. The van der Waals surface area contributed by atoms with Gasteiger partial charge in [-0.1, -0.05) is 18.2 Å². The lowest BCUT2D eigenvalue weighted by Gasteiger charge is -2.04. The van der Waals surface area contributed by atoms with Gasteiger partial charge in [0, 0.05) is 5.69 Å². The zero-order chi connectivity index (χ0) is 8.27. The van der Waals surface area contributed by atoms with E-state index < -0.39 is 6.10 Å². The van der Waals surface area contributed by atoms with Gasteiger partial charge in [0.15, 0.2) is 0 Å². The molecule has 58 valence electrons. The van der Waals surface area contributed by atoms with E-state index in [0.717, 1.165) is 5.56 Å². The van der Waals surface area contributed by atoms with Crippen molar-refractivity contribution in [3.63, 3.8) is 0 Å². The lowest BCUT2D eigenvalue weighted by Crippen LogP contribution is -1.92. The van der Waals surface area contributed by atoms with Crippen LogP contribution in [0.1, 0.15) is 11.7 Å². The molecule has 2 nitrogen and oxygen atoms in total. The zero-order valence-corrected chi connectivity index (χ0v) is 6.20. The predicted octanol–water partition coefficient (Wildman–Crippen LogP) is 1.49. The molecule has 1 aromatic carbocycles. The third-order valence-corrected chi connectivity index (χ3v) is 1.50. The van der Waals surface area contributed by atoms with Gasteiger partial charge < -0.3 is 10.8 Å². The Morgan fingerprint density at radius 1 is 1.36 bits per heavy atom. The van der Waals surface area contributed by atoms with Crippen LogP contribution in [0.2, 0.25) is 0 Å². The number of nitrogens with two attached hydrogens (primary N) is 1. The maximum absolute atomic E-state index is 9.26. The van der Waals surface area contributed by atoms with E-state index in [0.29, 0.717) is 5.69 Å². The molecule has 0 spiro atoms. The Kier molecular flexibility index (Phi) is 2.28. The third kappa shape index (κ3) is 1.82. The van der Waals surface area contributed by atoms with Gasteiger partial charge in [-0.25, -0.2) is 0 Å². The van der Waals surface area contributed by atoms with Gasteiger partial charge in [0.1, 0.15) is 0 Å². The number of aliphatic hydroxyl groups excluding tert-OH is 1. The van der Waals surface area contributed by atoms with Crippen LogP contribution in [0.15, 0.2) is 36.9 Å². The first-order valence-corrected chi connectivity index (χ1v) is 3.40. The average molecular weight is 149 g/mol. The molecule has 0 amide bonds. The number of aliphatic hydroxyl groups is 1. The third-order valence-electron chi connectivity index (χ3n) is 1.50. The normalized spacial score (nSPS) is 12.5. The van der Waals surface area contributed by atoms with Crippen molar-refractivity contribution in [1.29, 1.82) is 0 Å². The Morgan fingerprint density at radius 2 is 1.91 bits per heavy atom. The first kappa shape index (κ1) is 7.82. The molecule has 0 radical (unpaired) electrons. The Labute approximate surface area is 66.0 Å². The lowest BCUT2D eigenvalue weighted by molar-refractivity contribution is 0.229. The van der Waals surface area contributed by atoms with Crippen LogP contribution in [0, 0.1) is 0 Å². The summed E-state index contributed by atoms with van der Waals surface area (Å²) in [5.41, 5.74) is 6.97. The van der Waals surface area contributed by atoms with Gasteiger partial charge in [0.05, 0.1) is 6.10 Å². The summed E-state index contributed by atoms with van der Waals surface area (Å²) in [7, 11) is 0. The van der Waals surface area contributed by atoms with E-state index in [2.05, 4.69) is 6.58 Å². The molecule has 3 N–H and O–H groups in total. The molecule has 0 bridgehead atoms. The second kappa shape index (κ2) is 3.21. The molecule has 1 atom stereocenters. The lowest BCUT2D eigenvalue weighted by atomic mass is 10.1. The number of benzene rings is 1. The number of nitrogen functional groups attached to an aromatic ring is 1. The maximum Gasteiger partial charge on any atom is 0.0969 e. The van der Waals surface area contributed by atoms with E-state index in [-0.39, 0.29) is 0 Å². The van der Waals surface area contributed by atoms with E-state index in [1.54, 1.807) is 24.3 Å². The predicted molar refractivity (Wildman–Crippen MR) is 46.0 cm³/mol. The summed E-state index contributed by atoms with van der Waals surface area (Å²) in [6, 6.07) is 7.06. The Hall–Kier alpha value is -1.28. The van der Waals surface area contributed by atoms with Crippen molar-refractivity contribution >= 4 is 5.69 Å². The Morgan fingerprint density at radius 3 is 2.36 bits per heavy atom. The smallest absolute Gasteiger partial charge is 0.0969 e. The number of hydrogen-bond acceptors (Lipinski definition) is 2. The fourth-order valence-corrected chi connectivity index (χ4v) is 0.829. The van der Waals surface area contributed by atoms with Gasteiger partial charge in [-0.15, -0.1) is 6.58 Å². The van der Waals surface area contributed by atoms with E-state index in [9.17, 15) is 5.11 Å². The van der Waals surface area contributed by atoms with Gasteiger partial charge in [-0.2, -0.15) is 0 Å². The van der Waals surface area contributed by atoms with Crippen molar-refractivity contribution < 1.29 is 5.11 Å². The fourth-order valence-electron chi connectivity index (χ4n) is 0.829. The summed E-state index contributed by atoms with van der Waals surface area (Å²) in [5, 5.41) is 9.26. The fraction of sp³-hybridized carbons (Fsp3) is 0.111. The molecule has 0 saturated heterocycles. The van der Waals surface area contributed by atoms with Crippen LogP contribution in [0.4, 0.5) is 5.69 Å². The molecule has 1 unspecified atom stereocenters. The van der Waals surface area contributed by atoms with Crippen LogP contribution in [-0.2, 0) is 0 Å². The molecule has 1 rings (SSSR count).